The SMILES string of the molecule is CN(C)C(=O)c1ccccc1CCC(SCCC(=O)O)c1cccc(CCc2ccc3ccc(Cl)cc3n2)c1. The number of carbonyl (C=O) groups excluding carboxylic acids is 1. The van der Waals surface area contributed by atoms with E-state index >= 15 is 0 Å². The number of fused-ring (bicyclic) bond motifs is 1. The molecule has 202 valence electrons. The van der Waals surface area contributed by atoms with Crippen LogP contribution in [0, 0.1) is 0 Å². The molecule has 0 spiro atoms. The van der Waals surface area contributed by atoms with Gasteiger partial charge in [0.2, 0.25) is 0 Å². The average molecular weight is 561 g/mol. The number of amides is 1. The van der Waals surface area contributed by atoms with Crippen molar-refractivity contribution < 1.29 is 14.7 Å². The maximum absolute atomic E-state index is 12.7. The molecule has 0 fully saturated rings. The predicted octanol–water partition coefficient (Wildman–Crippen LogP) is 7.26. The van der Waals surface area contributed by atoms with E-state index in [1.54, 1.807) is 30.8 Å². The molecule has 0 aliphatic heterocycles. The zero-order chi connectivity index (χ0) is 27.8. The van der Waals surface area contributed by atoms with Gasteiger partial charge in [0, 0.05) is 46.8 Å². The van der Waals surface area contributed by atoms with Crippen molar-refractivity contribution in [2.45, 2.75) is 37.4 Å². The maximum Gasteiger partial charge on any atom is 0.304 e. The van der Waals surface area contributed by atoms with Crippen molar-refractivity contribution in [3.8, 4) is 0 Å². The number of benzene rings is 3. The Bertz CT molecular complexity index is 1460. The number of carbonyl (C=O) groups is 2. The van der Waals surface area contributed by atoms with Crippen LogP contribution in [0.2, 0.25) is 5.02 Å². The molecule has 1 atom stereocenters. The van der Waals surface area contributed by atoms with Crippen molar-refractivity contribution in [3.63, 3.8) is 0 Å². The first-order valence-electron chi connectivity index (χ1n) is 13.1. The first kappa shape index (κ1) is 28.7. The Kier molecular flexibility index (Phi) is 10.0. The fourth-order valence-electron chi connectivity index (χ4n) is 4.60. The third-order valence-electron chi connectivity index (χ3n) is 6.67. The Hall–Kier alpha value is -3.35. The van der Waals surface area contributed by atoms with Crippen LogP contribution in [-0.2, 0) is 24.1 Å². The van der Waals surface area contributed by atoms with E-state index in [9.17, 15) is 14.7 Å². The summed E-state index contributed by atoms with van der Waals surface area (Å²) in [4.78, 5) is 30.3. The minimum Gasteiger partial charge on any atom is -0.481 e. The molecule has 5 nitrogen and oxygen atoms in total. The molecule has 39 heavy (non-hydrogen) atoms. The zero-order valence-electron chi connectivity index (χ0n) is 22.3. The molecule has 1 unspecified atom stereocenters. The Labute approximate surface area is 239 Å². The number of thioether (sulfide) groups is 1. The van der Waals surface area contributed by atoms with Crippen LogP contribution < -0.4 is 0 Å². The molecular weight excluding hydrogens is 528 g/mol. The standard InChI is InChI=1S/C32H33ClN2O3S/c1-35(2)32(38)28-9-4-3-7-23(28)13-17-30(39-19-18-31(36)37)25-8-5-6-22(20-25)10-15-27-16-12-24-11-14-26(33)21-29(24)34-27/h3-9,11-12,14,16,20-21,30H,10,13,15,17-19H2,1-2H3,(H,36,37). The summed E-state index contributed by atoms with van der Waals surface area (Å²) in [6.07, 6.45) is 3.31. The molecule has 0 aliphatic rings. The van der Waals surface area contributed by atoms with E-state index < -0.39 is 5.97 Å². The summed E-state index contributed by atoms with van der Waals surface area (Å²) in [5.74, 6) is -0.264. The summed E-state index contributed by atoms with van der Waals surface area (Å²) in [7, 11) is 3.52. The Morgan fingerprint density at radius 3 is 2.54 bits per heavy atom. The quantitative estimate of drug-likeness (QED) is 0.197. The highest BCUT2D eigenvalue weighted by atomic mass is 35.5. The summed E-state index contributed by atoms with van der Waals surface area (Å²) in [6, 6.07) is 26.2. The van der Waals surface area contributed by atoms with Gasteiger partial charge in [-0.15, -0.1) is 0 Å². The molecule has 1 N–H and O–H groups in total. The van der Waals surface area contributed by atoms with Gasteiger partial charge in [-0.2, -0.15) is 11.8 Å². The molecule has 3 aromatic carbocycles. The minimum atomic E-state index is -0.791. The number of nitrogens with zero attached hydrogens (tertiary/aromatic N) is 2. The van der Waals surface area contributed by atoms with Gasteiger partial charge in [-0.3, -0.25) is 14.6 Å². The molecule has 7 heteroatoms. The van der Waals surface area contributed by atoms with E-state index in [1.165, 1.54) is 11.1 Å². The van der Waals surface area contributed by atoms with Crippen molar-refractivity contribution in [3.05, 3.63) is 112 Å². The first-order valence-corrected chi connectivity index (χ1v) is 14.5. The number of aromatic nitrogens is 1. The van der Waals surface area contributed by atoms with Crippen LogP contribution in [0.3, 0.4) is 0 Å². The van der Waals surface area contributed by atoms with Gasteiger partial charge < -0.3 is 10.0 Å². The molecule has 4 rings (SSSR count). The van der Waals surface area contributed by atoms with E-state index in [4.69, 9.17) is 16.6 Å². The van der Waals surface area contributed by atoms with Crippen LogP contribution in [0.5, 0.6) is 0 Å². The second kappa shape index (κ2) is 13.6. The number of aryl methyl sites for hydroxylation is 3. The van der Waals surface area contributed by atoms with Gasteiger partial charge in [0.1, 0.15) is 0 Å². The highest BCUT2D eigenvalue weighted by Gasteiger charge is 2.17. The molecule has 0 radical (unpaired) electrons. The number of halogens is 1. The van der Waals surface area contributed by atoms with Crippen LogP contribution in [0.4, 0.5) is 0 Å². The summed E-state index contributed by atoms with van der Waals surface area (Å²) >= 11 is 7.82. The lowest BCUT2D eigenvalue weighted by Crippen LogP contribution is -2.23. The van der Waals surface area contributed by atoms with E-state index in [0.717, 1.165) is 53.4 Å². The fraction of sp³-hybridized carbons (Fsp3) is 0.281. The predicted molar refractivity (Wildman–Crippen MR) is 161 cm³/mol. The Morgan fingerprint density at radius 2 is 1.74 bits per heavy atom. The number of aliphatic carboxylic acids is 1. The van der Waals surface area contributed by atoms with Crippen LogP contribution in [0.1, 0.15) is 50.8 Å². The topological polar surface area (TPSA) is 70.5 Å². The van der Waals surface area contributed by atoms with Gasteiger partial charge in [0.15, 0.2) is 0 Å². The second-order valence-electron chi connectivity index (χ2n) is 9.78. The van der Waals surface area contributed by atoms with Crippen LogP contribution >= 0.6 is 23.4 Å². The van der Waals surface area contributed by atoms with E-state index in [-0.39, 0.29) is 17.6 Å². The third-order valence-corrected chi connectivity index (χ3v) is 8.25. The number of hydrogen-bond acceptors (Lipinski definition) is 4. The Balaban J connectivity index is 1.49. The molecule has 0 bridgehead atoms. The lowest BCUT2D eigenvalue weighted by molar-refractivity contribution is -0.136. The largest absolute Gasteiger partial charge is 0.481 e. The van der Waals surface area contributed by atoms with Gasteiger partial charge in [0.05, 0.1) is 11.9 Å². The molecule has 1 heterocycles. The van der Waals surface area contributed by atoms with Gasteiger partial charge in [-0.1, -0.05) is 66.2 Å². The third kappa shape index (κ3) is 8.07. The van der Waals surface area contributed by atoms with Crippen LogP contribution in [0.25, 0.3) is 10.9 Å². The molecule has 0 saturated heterocycles. The summed E-state index contributed by atoms with van der Waals surface area (Å²) in [6.45, 7) is 0. The highest BCUT2D eigenvalue weighted by Crippen LogP contribution is 2.35. The maximum atomic E-state index is 12.7. The smallest absolute Gasteiger partial charge is 0.304 e. The van der Waals surface area contributed by atoms with Crippen molar-refractivity contribution in [2.75, 3.05) is 19.8 Å². The number of rotatable bonds is 12. The number of carboxylic acid groups (broad SMARTS) is 1. The summed E-state index contributed by atoms with van der Waals surface area (Å²) in [5, 5.41) is 11.1. The minimum absolute atomic E-state index is 0.00718. The first-order chi connectivity index (χ1) is 18.8. The molecule has 0 aliphatic carbocycles. The van der Waals surface area contributed by atoms with Gasteiger partial charge >= 0.3 is 5.97 Å². The fourth-order valence-corrected chi connectivity index (χ4v) is 5.97. The van der Waals surface area contributed by atoms with E-state index in [1.807, 2.05) is 42.5 Å². The number of hydrogen-bond donors (Lipinski definition) is 1. The normalized spacial score (nSPS) is 11.9. The van der Waals surface area contributed by atoms with Gasteiger partial charge in [0.25, 0.3) is 5.91 Å². The van der Waals surface area contributed by atoms with Gasteiger partial charge in [-0.05, 0) is 66.6 Å². The van der Waals surface area contributed by atoms with E-state index in [0.29, 0.717) is 10.8 Å². The number of pyridine rings is 1. The highest BCUT2D eigenvalue weighted by molar-refractivity contribution is 7.99. The zero-order valence-corrected chi connectivity index (χ0v) is 23.8. The van der Waals surface area contributed by atoms with Crippen molar-refractivity contribution in [1.29, 1.82) is 0 Å². The summed E-state index contributed by atoms with van der Waals surface area (Å²) in [5.41, 5.74) is 6.04. The molecular formula is C32H33ClN2O3S. The average Bonchev–Trinajstić information content (AvgIpc) is 2.93. The lowest BCUT2D eigenvalue weighted by Gasteiger charge is -2.19. The van der Waals surface area contributed by atoms with Crippen molar-refractivity contribution in [1.82, 2.24) is 9.88 Å². The molecule has 1 amide bonds. The van der Waals surface area contributed by atoms with Gasteiger partial charge in [-0.25, -0.2) is 0 Å². The second-order valence-corrected chi connectivity index (χ2v) is 11.5. The number of carboxylic acids is 1. The van der Waals surface area contributed by atoms with Crippen LogP contribution in [0.15, 0.2) is 78.9 Å². The molecule has 1 aromatic heterocycles. The van der Waals surface area contributed by atoms with Crippen molar-refractivity contribution in [2.24, 2.45) is 0 Å². The van der Waals surface area contributed by atoms with E-state index in [2.05, 4.69) is 36.4 Å². The lowest BCUT2D eigenvalue weighted by atomic mass is 9.97. The van der Waals surface area contributed by atoms with Crippen LogP contribution in [-0.4, -0.2) is 46.7 Å². The monoisotopic (exact) mass is 560 g/mol. The molecule has 0 saturated carbocycles. The van der Waals surface area contributed by atoms with Crippen molar-refractivity contribution >= 4 is 46.1 Å². The Morgan fingerprint density at radius 1 is 0.949 bits per heavy atom. The summed E-state index contributed by atoms with van der Waals surface area (Å²) < 4.78 is 0. The molecule has 4 aromatic rings.